The van der Waals surface area contributed by atoms with Gasteiger partial charge in [0.1, 0.15) is 16.0 Å². The summed E-state index contributed by atoms with van der Waals surface area (Å²) in [5, 5.41) is 28.2. The molecule has 3 N–H and O–H groups in total. The van der Waals surface area contributed by atoms with Crippen molar-refractivity contribution in [2.24, 2.45) is 5.10 Å². The molecule has 1 heterocycles. The van der Waals surface area contributed by atoms with Crippen LogP contribution >= 0.6 is 31.9 Å². The number of hydrazone groups is 1. The molecule has 0 saturated carbocycles. The molecule has 0 aliphatic carbocycles. The highest BCUT2D eigenvalue weighted by molar-refractivity contribution is 9.11. The van der Waals surface area contributed by atoms with Gasteiger partial charge >= 0.3 is 5.91 Å². The number of aromatic hydroxyl groups is 2. The topological polar surface area (TPSA) is 113 Å². The van der Waals surface area contributed by atoms with E-state index in [-0.39, 0.29) is 27.4 Å². The van der Waals surface area contributed by atoms with Crippen LogP contribution in [0.2, 0.25) is 0 Å². The molecule has 0 spiro atoms. The predicted molar refractivity (Wildman–Crippen MR) is 127 cm³/mol. The van der Waals surface area contributed by atoms with Crippen LogP contribution in [0.15, 0.2) is 80.8 Å². The number of carbonyl (C=O) groups is 1. The Hall–Kier alpha value is -3.50. The zero-order chi connectivity index (χ0) is 22.7. The third kappa shape index (κ3) is 4.41. The zero-order valence-electron chi connectivity index (χ0n) is 16.3. The minimum absolute atomic E-state index is 0.0675. The number of carbonyl (C=O) groups excluding carboxylic acids is 1. The summed E-state index contributed by atoms with van der Waals surface area (Å²) in [5.41, 5.74) is 4.19. The third-order valence-corrected chi connectivity index (χ3v) is 5.77. The van der Waals surface area contributed by atoms with Crippen LogP contribution in [0.3, 0.4) is 0 Å². The monoisotopic (exact) mass is 555 g/mol. The molecule has 0 atom stereocenters. The first-order chi connectivity index (χ1) is 15.5. The van der Waals surface area contributed by atoms with Gasteiger partial charge in [0.25, 0.3) is 0 Å². The summed E-state index contributed by atoms with van der Waals surface area (Å²) < 4.78 is 2.05. The Labute approximate surface area is 199 Å². The van der Waals surface area contributed by atoms with E-state index in [0.29, 0.717) is 10.3 Å². The molecule has 1 aromatic heterocycles. The van der Waals surface area contributed by atoms with Crippen molar-refractivity contribution in [3.8, 4) is 28.6 Å². The molecule has 0 saturated heterocycles. The molecule has 8 nitrogen and oxygen atoms in total. The van der Waals surface area contributed by atoms with Crippen molar-refractivity contribution in [3.05, 3.63) is 87.1 Å². The molecule has 0 bridgehead atoms. The number of hydrogen-bond donors (Lipinski definition) is 3. The van der Waals surface area contributed by atoms with Crippen molar-refractivity contribution in [2.45, 2.75) is 0 Å². The van der Waals surface area contributed by atoms with E-state index in [4.69, 9.17) is 0 Å². The number of phenolic OH excluding ortho intramolecular Hbond substituents is 2. The van der Waals surface area contributed by atoms with Crippen molar-refractivity contribution >= 4 is 44.0 Å². The Morgan fingerprint density at radius 1 is 1.00 bits per heavy atom. The van der Waals surface area contributed by atoms with E-state index in [1.807, 2.05) is 60.7 Å². The summed E-state index contributed by atoms with van der Waals surface area (Å²) in [5.74, 6) is -0.545. The standard InChI is InChI=1S/C22H15Br2N5O3/c23-16-11-14(18(30)17(24)19(16)31)12-25-27-22(32)20-26-21(13-7-3-1-4-8-13)29(28-20)15-9-5-2-6-10-15/h1-12,30-31H,(H,27,32)/b25-12+. The van der Waals surface area contributed by atoms with Gasteiger partial charge in [-0.15, -0.1) is 5.10 Å². The van der Waals surface area contributed by atoms with Gasteiger partial charge in [0.2, 0.25) is 5.82 Å². The number of nitrogens with zero attached hydrogens (tertiary/aromatic N) is 4. The van der Waals surface area contributed by atoms with Gasteiger partial charge in [0.05, 0.1) is 16.4 Å². The molecule has 10 heteroatoms. The average Bonchev–Trinajstić information content (AvgIpc) is 3.28. The molecule has 3 aromatic carbocycles. The predicted octanol–water partition coefficient (Wildman–Crippen LogP) is 4.63. The van der Waals surface area contributed by atoms with E-state index in [1.165, 1.54) is 12.3 Å². The lowest BCUT2D eigenvalue weighted by atomic mass is 10.2. The SMILES string of the molecule is O=C(N/N=C/c1cc(Br)c(O)c(Br)c1O)c1nc(-c2ccccc2)n(-c2ccccc2)n1. The van der Waals surface area contributed by atoms with Crippen molar-refractivity contribution in [1.29, 1.82) is 0 Å². The maximum atomic E-state index is 12.7. The number of halogens is 2. The third-order valence-electron chi connectivity index (χ3n) is 4.41. The van der Waals surface area contributed by atoms with Crippen LogP contribution in [0.25, 0.3) is 17.1 Å². The van der Waals surface area contributed by atoms with Crippen molar-refractivity contribution in [2.75, 3.05) is 0 Å². The molecule has 32 heavy (non-hydrogen) atoms. The summed E-state index contributed by atoms with van der Waals surface area (Å²) in [6.07, 6.45) is 1.24. The lowest BCUT2D eigenvalue weighted by Gasteiger charge is -2.06. The quantitative estimate of drug-likeness (QED) is 0.245. The molecule has 0 aliphatic heterocycles. The molecule has 1 amide bonds. The van der Waals surface area contributed by atoms with E-state index in [0.717, 1.165) is 11.3 Å². The number of aromatic nitrogens is 3. The van der Waals surface area contributed by atoms with Gasteiger partial charge in [0.15, 0.2) is 5.82 Å². The minimum Gasteiger partial charge on any atom is -0.506 e. The van der Waals surface area contributed by atoms with E-state index in [1.54, 1.807) is 4.68 Å². The Morgan fingerprint density at radius 3 is 2.34 bits per heavy atom. The fourth-order valence-electron chi connectivity index (χ4n) is 2.86. The summed E-state index contributed by atoms with van der Waals surface area (Å²) in [6.45, 7) is 0. The van der Waals surface area contributed by atoms with Gasteiger partial charge in [-0.3, -0.25) is 4.79 Å². The molecule has 4 rings (SSSR count). The first kappa shape index (κ1) is 21.7. The highest BCUT2D eigenvalue weighted by Crippen LogP contribution is 2.40. The second-order valence-corrected chi connectivity index (χ2v) is 8.18. The number of para-hydroxylation sites is 1. The highest BCUT2D eigenvalue weighted by Gasteiger charge is 2.18. The number of benzene rings is 3. The van der Waals surface area contributed by atoms with E-state index in [9.17, 15) is 15.0 Å². The number of amides is 1. The van der Waals surface area contributed by atoms with Crippen LogP contribution in [-0.2, 0) is 0 Å². The molecule has 4 aromatic rings. The largest absolute Gasteiger partial charge is 0.506 e. The Bertz CT molecular complexity index is 1250. The number of hydrogen-bond acceptors (Lipinski definition) is 6. The van der Waals surface area contributed by atoms with E-state index < -0.39 is 5.91 Å². The second kappa shape index (κ2) is 9.33. The number of phenols is 2. The van der Waals surface area contributed by atoms with E-state index >= 15 is 0 Å². The average molecular weight is 557 g/mol. The van der Waals surface area contributed by atoms with Gasteiger partial charge in [0, 0.05) is 11.1 Å². The van der Waals surface area contributed by atoms with Gasteiger partial charge in [-0.25, -0.2) is 15.1 Å². The summed E-state index contributed by atoms with van der Waals surface area (Å²) >= 11 is 6.27. The van der Waals surface area contributed by atoms with Crippen molar-refractivity contribution < 1.29 is 15.0 Å². The van der Waals surface area contributed by atoms with Gasteiger partial charge < -0.3 is 10.2 Å². The molecule has 0 fully saturated rings. The first-order valence-corrected chi connectivity index (χ1v) is 10.9. The summed E-state index contributed by atoms with van der Waals surface area (Å²) in [7, 11) is 0. The summed E-state index contributed by atoms with van der Waals surface area (Å²) in [6, 6.07) is 20.2. The molecule has 0 aliphatic rings. The van der Waals surface area contributed by atoms with Gasteiger partial charge in [-0.1, -0.05) is 48.5 Å². The Kier molecular flexibility index (Phi) is 6.33. The van der Waals surface area contributed by atoms with Crippen LogP contribution in [-0.4, -0.2) is 37.1 Å². The lowest BCUT2D eigenvalue weighted by molar-refractivity contribution is 0.0945. The normalized spacial score (nSPS) is 11.1. The highest BCUT2D eigenvalue weighted by atomic mass is 79.9. The molecule has 0 radical (unpaired) electrons. The van der Waals surface area contributed by atoms with E-state index in [2.05, 4.69) is 52.5 Å². The number of rotatable bonds is 5. The Morgan fingerprint density at radius 2 is 1.66 bits per heavy atom. The van der Waals surface area contributed by atoms with Crippen LogP contribution in [0, 0.1) is 0 Å². The lowest BCUT2D eigenvalue weighted by Crippen LogP contribution is -2.19. The molecular weight excluding hydrogens is 542 g/mol. The first-order valence-electron chi connectivity index (χ1n) is 9.27. The van der Waals surface area contributed by atoms with Gasteiger partial charge in [-0.05, 0) is 50.1 Å². The van der Waals surface area contributed by atoms with Crippen LogP contribution in [0.1, 0.15) is 16.2 Å². The fourth-order valence-corrected chi connectivity index (χ4v) is 4.01. The van der Waals surface area contributed by atoms with Crippen LogP contribution in [0.5, 0.6) is 11.5 Å². The summed E-state index contributed by atoms with van der Waals surface area (Å²) in [4.78, 5) is 17.1. The molecule has 160 valence electrons. The van der Waals surface area contributed by atoms with Crippen LogP contribution in [0.4, 0.5) is 0 Å². The van der Waals surface area contributed by atoms with Crippen LogP contribution < -0.4 is 5.43 Å². The Balaban J connectivity index is 1.62. The minimum atomic E-state index is -0.621. The van der Waals surface area contributed by atoms with Gasteiger partial charge in [-0.2, -0.15) is 5.10 Å². The zero-order valence-corrected chi connectivity index (χ0v) is 19.4. The number of nitrogens with one attached hydrogen (secondary N) is 1. The maximum Gasteiger partial charge on any atom is 0.311 e. The van der Waals surface area contributed by atoms with Crippen molar-refractivity contribution in [3.63, 3.8) is 0 Å². The molecular formula is C22H15Br2N5O3. The second-order valence-electron chi connectivity index (χ2n) is 6.53. The molecule has 0 unspecified atom stereocenters. The fraction of sp³-hybridized carbons (Fsp3) is 0. The van der Waals surface area contributed by atoms with Crippen molar-refractivity contribution in [1.82, 2.24) is 20.2 Å². The maximum absolute atomic E-state index is 12.7. The smallest absolute Gasteiger partial charge is 0.311 e.